The van der Waals surface area contributed by atoms with E-state index in [9.17, 15) is 9.59 Å². The zero-order chi connectivity index (χ0) is 13.8. The second-order valence-electron chi connectivity index (χ2n) is 4.88. The van der Waals surface area contributed by atoms with E-state index in [1.165, 1.54) is 0 Å². The first-order valence-electron chi connectivity index (χ1n) is 6.46. The van der Waals surface area contributed by atoms with Crippen LogP contribution in [-0.2, 0) is 11.3 Å². The normalized spacial score (nSPS) is 16.6. The van der Waals surface area contributed by atoms with E-state index in [4.69, 9.17) is 15.9 Å². The standard InChI is InChI=1S/C13H19N3O3/c14-8-10-1-2-11(19-10)13(18)16-5-3-9(4-6-16)7-12(15)17/h1-2,9H,3-8,14H2,(H2,15,17). The van der Waals surface area contributed by atoms with Gasteiger partial charge in [0.1, 0.15) is 5.76 Å². The van der Waals surface area contributed by atoms with Gasteiger partial charge in [-0.1, -0.05) is 0 Å². The number of amides is 2. The van der Waals surface area contributed by atoms with Gasteiger partial charge in [-0.25, -0.2) is 0 Å². The van der Waals surface area contributed by atoms with Gasteiger partial charge in [0.15, 0.2) is 5.76 Å². The number of hydrogen-bond acceptors (Lipinski definition) is 4. The number of carbonyl (C=O) groups excluding carboxylic acids is 2. The molecule has 1 saturated heterocycles. The molecule has 1 fully saturated rings. The Morgan fingerprint density at radius 2 is 2.00 bits per heavy atom. The highest BCUT2D eigenvalue weighted by Crippen LogP contribution is 2.22. The number of hydrogen-bond donors (Lipinski definition) is 2. The SMILES string of the molecule is NCc1ccc(C(=O)N2CCC(CC(N)=O)CC2)o1. The number of piperidine rings is 1. The van der Waals surface area contributed by atoms with Crippen molar-refractivity contribution in [3.63, 3.8) is 0 Å². The average molecular weight is 265 g/mol. The smallest absolute Gasteiger partial charge is 0.289 e. The summed E-state index contributed by atoms with van der Waals surface area (Å²) >= 11 is 0. The third-order valence-corrected chi connectivity index (χ3v) is 3.47. The molecule has 0 spiro atoms. The molecule has 0 unspecified atom stereocenters. The number of furan rings is 1. The summed E-state index contributed by atoms with van der Waals surface area (Å²) in [5.74, 6) is 0.833. The van der Waals surface area contributed by atoms with Crippen molar-refractivity contribution < 1.29 is 14.0 Å². The maximum atomic E-state index is 12.2. The maximum Gasteiger partial charge on any atom is 0.289 e. The summed E-state index contributed by atoms with van der Waals surface area (Å²) in [5, 5.41) is 0. The van der Waals surface area contributed by atoms with Crippen LogP contribution in [0.5, 0.6) is 0 Å². The molecule has 6 nitrogen and oxygen atoms in total. The van der Waals surface area contributed by atoms with Crippen molar-refractivity contribution in [2.45, 2.75) is 25.8 Å². The highest BCUT2D eigenvalue weighted by molar-refractivity contribution is 5.91. The quantitative estimate of drug-likeness (QED) is 0.825. The minimum atomic E-state index is -0.275. The molecule has 104 valence electrons. The average Bonchev–Trinajstić information content (AvgIpc) is 2.87. The van der Waals surface area contributed by atoms with Crippen LogP contribution in [0.25, 0.3) is 0 Å². The molecule has 0 aromatic carbocycles. The van der Waals surface area contributed by atoms with Gasteiger partial charge in [-0.3, -0.25) is 9.59 Å². The van der Waals surface area contributed by atoms with Gasteiger partial charge in [0.2, 0.25) is 5.91 Å². The van der Waals surface area contributed by atoms with Gasteiger partial charge < -0.3 is 20.8 Å². The van der Waals surface area contributed by atoms with Gasteiger partial charge in [0.25, 0.3) is 5.91 Å². The van der Waals surface area contributed by atoms with Crippen LogP contribution in [0.15, 0.2) is 16.5 Å². The molecular weight excluding hydrogens is 246 g/mol. The molecular formula is C13H19N3O3. The molecule has 0 aliphatic carbocycles. The predicted octanol–water partition coefficient (Wildman–Crippen LogP) is 0.466. The minimum Gasteiger partial charge on any atom is -0.455 e. The number of nitrogens with zero attached hydrogens (tertiary/aromatic N) is 1. The van der Waals surface area contributed by atoms with Crippen LogP contribution in [0.2, 0.25) is 0 Å². The van der Waals surface area contributed by atoms with Crippen LogP contribution in [0.4, 0.5) is 0 Å². The topological polar surface area (TPSA) is 103 Å². The van der Waals surface area contributed by atoms with Crippen LogP contribution < -0.4 is 11.5 Å². The number of carbonyl (C=O) groups is 2. The summed E-state index contributed by atoms with van der Waals surface area (Å²) in [5.41, 5.74) is 10.6. The first-order chi connectivity index (χ1) is 9.10. The number of primary amides is 1. The van der Waals surface area contributed by atoms with Gasteiger partial charge in [-0.2, -0.15) is 0 Å². The first-order valence-corrected chi connectivity index (χ1v) is 6.46. The lowest BCUT2D eigenvalue weighted by atomic mass is 9.93. The molecule has 2 amide bonds. The van der Waals surface area contributed by atoms with E-state index in [2.05, 4.69) is 0 Å². The molecule has 0 bridgehead atoms. The Hall–Kier alpha value is -1.82. The van der Waals surface area contributed by atoms with Gasteiger partial charge in [0, 0.05) is 19.5 Å². The zero-order valence-corrected chi connectivity index (χ0v) is 10.8. The summed E-state index contributed by atoms with van der Waals surface area (Å²) in [6.07, 6.45) is 2.01. The fourth-order valence-corrected chi connectivity index (χ4v) is 2.38. The van der Waals surface area contributed by atoms with E-state index >= 15 is 0 Å². The van der Waals surface area contributed by atoms with Crippen LogP contribution in [-0.4, -0.2) is 29.8 Å². The first kappa shape index (κ1) is 13.6. The van der Waals surface area contributed by atoms with Crippen LogP contribution >= 0.6 is 0 Å². The maximum absolute atomic E-state index is 12.2. The van der Waals surface area contributed by atoms with E-state index in [0.717, 1.165) is 12.8 Å². The van der Waals surface area contributed by atoms with E-state index in [1.807, 2.05) is 0 Å². The predicted molar refractivity (Wildman–Crippen MR) is 69.0 cm³/mol. The van der Waals surface area contributed by atoms with E-state index < -0.39 is 0 Å². The molecule has 2 heterocycles. The Morgan fingerprint density at radius 1 is 1.32 bits per heavy atom. The summed E-state index contributed by atoms with van der Waals surface area (Å²) in [4.78, 5) is 24.8. The zero-order valence-electron chi connectivity index (χ0n) is 10.8. The Bertz CT molecular complexity index is 461. The molecule has 2 rings (SSSR count). The van der Waals surface area contributed by atoms with Crippen molar-refractivity contribution in [2.24, 2.45) is 17.4 Å². The van der Waals surface area contributed by atoms with Crippen molar-refractivity contribution in [1.82, 2.24) is 4.90 Å². The molecule has 4 N–H and O–H groups in total. The van der Waals surface area contributed by atoms with Crippen LogP contribution in [0.3, 0.4) is 0 Å². The molecule has 1 aliphatic rings. The molecule has 19 heavy (non-hydrogen) atoms. The monoisotopic (exact) mass is 265 g/mol. The van der Waals surface area contributed by atoms with Gasteiger partial charge >= 0.3 is 0 Å². The highest BCUT2D eigenvalue weighted by atomic mass is 16.4. The van der Waals surface area contributed by atoms with E-state index in [-0.39, 0.29) is 24.3 Å². The third-order valence-electron chi connectivity index (χ3n) is 3.47. The van der Waals surface area contributed by atoms with Crippen molar-refractivity contribution in [1.29, 1.82) is 0 Å². The van der Waals surface area contributed by atoms with Crippen molar-refractivity contribution in [3.05, 3.63) is 23.7 Å². The van der Waals surface area contributed by atoms with Crippen molar-refractivity contribution in [3.8, 4) is 0 Å². The van der Waals surface area contributed by atoms with E-state index in [1.54, 1.807) is 17.0 Å². The summed E-state index contributed by atoms with van der Waals surface area (Å²) in [7, 11) is 0. The molecule has 1 aromatic rings. The lowest BCUT2D eigenvalue weighted by Crippen LogP contribution is -2.39. The van der Waals surface area contributed by atoms with Gasteiger partial charge in [-0.05, 0) is 30.9 Å². The molecule has 1 aliphatic heterocycles. The number of nitrogens with two attached hydrogens (primary N) is 2. The largest absolute Gasteiger partial charge is 0.455 e. The summed E-state index contributed by atoms with van der Waals surface area (Å²) < 4.78 is 5.35. The fraction of sp³-hybridized carbons (Fsp3) is 0.538. The molecule has 1 aromatic heterocycles. The number of likely N-dealkylation sites (tertiary alicyclic amines) is 1. The molecule has 0 saturated carbocycles. The van der Waals surface area contributed by atoms with Crippen LogP contribution in [0, 0.1) is 5.92 Å². The van der Waals surface area contributed by atoms with Crippen LogP contribution in [0.1, 0.15) is 35.6 Å². The lowest BCUT2D eigenvalue weighted by Gasteiger charge is -2.30. The molecule has 0 radical (unpaired) electrons. The lowest BCUT2D eigenvalue weighted by molar-refractivity contribution is -0.119. The Morgan fingerprint density at radius 3 is 2.53 bits per heavy atom. The Labute approximate surface area is 111 Å². The fourth-order valence-electron chi connectivity index (χ4n) is 2.38. The van der Waals surface area contributed by atoms with Crippen molar-refractivity contribution >= 4 is 11.8 Å². The Balaban J connectivity index is 1.90. The molecule has 0 atom stereocenters. The van der Waals surface area contributed by atoms with Gasteiger partial charge in [-0.15, -0.1) is 0 Å². The second-order valence-corrected chi connectivity index (χ2v) is 4.88. The summed E-state index contributed by atoms with van der Waals surface area (Å²) in [6, 6.07) is 3.37. The Kier molecular flexibility index (Phi) is 4.21. The van der Waals surface area contributed by atoms with E-state index in [0.29, 0.717) is 31.0 Å². The highest BCUT2D eigenvalue weighted by Gasteiger charge is 2.26. The van der Waals surface area contributed by atoms with Crippen molar-refractivity contribution in [2.75, 3.05) is 13.1 Å². The van der Waals surface area contributed by atoms with Gasteiger partial charge in [0.05, 0.1) is 6.54 Å². The minimum absolute atomic E-state index is 0.114. The second kappa shape index (κ2) is 5.88. The number of rotatable bonds is 4. The summed E-state index contributed by atoms with van der Waals surface area (Å²) in [6.45, 7) is 1.55. The molecule has 6 heteroatoms. The third kappa shape index (κ3) is 3.35.